The van der Waals surface area contributed by atoms with Crippen LogP contribution in [0.4, 0.5) is 0 Å². The zero-order chi connectivity index (χ0) is 12.3. The molecule has 4 nitrogen and oxygen atoms in total. The predicted molar refractivity (Wildman–Crippen MR) is 79.8 cm³/mol. The number of benzene rings is 1. The van der Waals surface area contributed by atoms with E-state index in [0.717, 1.165) is 9.13 Å². The van der Waals surface area contributed by atoms with Crippen molar-refractivity contribution in [1.29, 1.82) is 0 Å². The molecule has 1 aliphatic rings. The van der Waals surface area contributed by atoms with Crippen LogP contribution in [0.25, 0.3) is 0 Å². The van der Waals surface area contributed by atoms with Gasteiger partial charge in [0.25, 0.3) is 0 Å². The van der Waals surface area contributed by atoms with Crippen LogP contribution in [-0.4, -0.2) is 23.0 Å². The lowest BCUT2D eigenvalue weighted by atomic mass is 10.2. The summed E-state index contributed by atoms with van der Waals surface area (Å²) >= 11 is 9.43. The van der Waals surface area contributed by atoms with Gasteiger partial charge in [0.05, 0.1) is 12.0 Å². The van der Waals surface area contributed by atoms with Gasteiger partial charge in [-0.25, -0.2) is 0 Å². The first-order valence-electron chi connectivity index (χ1n) is 4.63. The summed E-state index contributed by atoms with van der Waals surface area (Å²) in [6, 6.07) is 5.60. The first-order valence-corrected chi connectivity index (χ1v) is 7.07. The van der Waals surface area contributed by atoms with Crippen molar-refractivity contribution in [2.75, 3.05) is 5.75 Å². The van der Waals surface area contributed by atoms with Crippen LogP contribution in [0.15, 0.2) is 28.4 Å². The number of amidine groups is 1. The van der Waals surface area contributed by atoms with Crippen molar-refractivity contribution < 1.29 is 4.79 Å². The highest BCUT2D eigenvalue weighted by atomic mass is 127. The second-order valence-electron chi connectivity index (χ2n) is 3.19. The Morgan fingerprint density at radius 1 is 1.47 bits per heavy atom. The van der Waals surface area contributed by atoms with Crippen molar-refractivity contribution in [3.8, 4) is 0 Å². The molecule has 88 valence electrons. The van der Waals surface area contributed by atoms with Crippen LogP contribution in [0.5, 0.6) is 0 Å². The molecule has 1 amide bonds. The van der Waals surface area contributed by atoms with Crippen molar-refractivity contribution in [3.05, 3.63) is 32.4 Å². The van der Waals surface area contributed by atoms with E-state index in [2.05, 4.69) is 38.1 Å². The summed E-state index contributed by atoms with van der Waals surface area (Å²) < 4.78 is 1.03. The van der Waals surface area contributed by atoms with Gasteiger partial charge in [0, 0.05) is 8.59 Å². The molecule has 0 aromatic heterocycles. The molecule has 1 aliphatic heterocycles. The van der Waals surface area contributed by atoms with E-state index in [1.807, 2.05) is 12.1 Å². The number of rotatable bonds is 2. The van der Waals surface area contributed by atoms with Gasteiger partial charge in [0.15, 0.2) is 5.17 Å². The van der Waals surface area contributed by atoms with E-state index in [1.54, 1.807) is 12.3 Å². The van der Waals surface area contributed by atoms with E-state index in [-0.39, 0.29) is 5.91 Å². The van der Waals surface area contributed by atoms with Gasteiger partial charge >= 0.3 is 0 Å². The van der Waals surface area contributed by atoms with Crippen LogP contribution in [0.2, 0.25) is 5.02 Å². The van der Waals surface area contributed by atoms with Gasteiger partial charge in [0.1, 0.15) is 0 Å². The summed E-state index contributed by atoms with van der Waals surface area (Å²) in [4.78, 5) is 10.9. The molecule has 2 rings (SSSR count). The van der Waals surface area contributed by atoms with E-state index >= 15 is 0 Å². The summed E-state index contributed by atoms with van der Waals surface area (Å²) in [5.74, 6) is 0.366. The molecule has 1 fully saturated rings. The maximum Gasteiger partial charge on any atom is 0.236 e. The Morgan fingerprint density at radius 3 is 2.94 bits per heavy atom. The third-order valence-corrected chi connectivity index (χ3v) is 3.53. The minimum atomic E-state index is -0.0405. The van der Waals surface area contributed by atoms with Gasteiger partial charge in [0.2, 0.25) is 5.91 Å². The summed E-state index contributed by atoms with van der Waals surface area (Å²) in [5, 5.41) is 11.6. The summed E-state index contributed by atoms with van der Waals surface area (Å²) in [6.45, 7) is 0. The maximum absolute atomic E-state index is 10.9. The normalized spacial score (nSPS) is 18.0. The molecule has 0 atom stereocenters. The third kappa shape index (κ3) is 3.97. The molecule has 1 aromatic carbocycles. The predicted octanol–water partition coefficient (Wildman–Crippen LogP) is 2.50. The summed E-state index contributed by atoms with van der Waals surface area (Å²) in [5.41, 5.74) is 0.876. The monoisotopic (exact) mass is 379 g/mol. The Kier molecular flexibility index (Phi) is 4.41. The highest BCUT2D eigenvalue weighted by Crippen LogP contribution is 2.15. The molecule has 1 N–H and O–H groups in total. The van der Waals surface area contributed by atoms with Crippen molar-refractivity contribution in [2.45, 2.75) is 0 Å². The molecule has 0 spiro atoms. The Labute approximate surface area is 121 Å². The summed E-state index contributed by atoms with van der Waals surface area (Å²) in [6.07, 6.45) is 1.60. The van der Waals surface area contributed by atoms with E-state index in [1.165, 1.54) is 11.8 Å². The topological polar surface area (TPSA) is 53.8 Å². The number of hydrogen-bond donors (Lipinski definition) is 1. The second kappa shape index (κ2) is 5.83. The number of thioether (sulfide) groups is 1. The first-order chi connectivity index (χ1) is 8.13. The Bertz CT molecular complexity index is 498. The van der Waals surface area contributed by atoms with Gasteiger partial charge < -0.3 is 5.32 Å². The molecule has 0 aliphatic carbocycles. The highest BCUT2D eigenvalue weighted by Gasteiger charge is 2.15. The highest BCUT2D eigenvalue weighted by molar-refractivity contribution is 14.1. The quantitative estimate of drug-likeness (QED) is 0.488. The van der Waals surface area contributed by atoms with Crippen LogP contribution in [-0.2, 0) is 4.79 Å². The van der Waals surface area contributed by atoms with Crippen LogP contribution < -0.4 is 5.32 Å². The number of amides is 1. The number of hydrogen-bond acceptors (Lipinski definition) is 4. The first kappa shape index (κ1) is 12.8. The minimum absolute atomic E-state index is 0.0405. The smallest absolute Gasteiger partial charge is 0.236 e. The summed E-state index contributed by atoms with van der Waals surface area (Å²) in [7, 11) is 0. The van der Waals surface area contributed by atoms with Gasteiger partial charge in [-0.05, 0) is 46.4 Å². The zero-order valence-electron chi connectivity index (χ0n) is 8.48. The molecular weight excluding hydrogens is 373 g/mol. The molecule has 1 aromatic rings. The Hall–Kier alpha value is -0.600. The number of carbonyl (C=O) groups is 1. The van der Waals surface area contributed by atoms with Gasteiger partial charge in [-0.1, -0.05) is 23.4 Å². The SMILES string of the molecule is O=C1CSC(=NN=Cc2cc(Cl)cc(I)c2)N1. The molecule has 0 saturated carbocycles. The lowest BCUT2D eigenvalue weighted by Gasteiger charge is -1.95. The third-order valence-electron chi connectivity index (χ3n) is 1.83. The van der Waals surface area contributed by atoms with Crippen LogP contribution in [0.3, 0.4) is 0 Å². The number of nitrogens with zero attached hydrogens (tertiary/aromatic N) is 2. The van der Waals surface area contributed by atoms with E-state index in [9.17, 15) is 4.79 Å². The molecule has 0 bridgehead atoms. The molecular formula is C10H7ClIN3OS. The van der Waals surface area contributed by atoms with Gasteiger partial charge in [-0.2, -0.15) is 5.10 Å². The van der Waals surface area contributed by atoms with E-state index in [4.69, 9.17) is 11.6 Å². The van der Waals surface area contributed by atoms with Gasteiger partial charge in [-0.15, -0.1) is 5.10 Å². The second-order valence-corrected chi connectivity index (χ2v) is 5.84. The zero-order valence-corrected chi connectivity index (χ0v) is 12.2. The molecule has 0 radical (unpaired) electrons. The fourth-order valence-corrected chi connectivity index (χ4v) is 2.93. The van der Waals surface area contributed by atoms with Crippen LogP contribution >= 0.6 is 46.0 Å². The number of nitrogens with one attached hydrogen (secondary N) is 1. The lowest BCUT2D eigenvalue weighted by molar-refractivity contribution is -0.116. The van der Waals surface area contributed by atoms with E-state index in [0.29, 0.717) is 15.9 Å². The fourth-order valence-electron chi connectivity index (χ4n) is 1.18. The molecule has 7 heteroatoms. The van der Waals surface area contributed by atoms with Gasteiger partial charge in [-0.3, -0.25) is 4.79 Å². The minimum Gasteiger partial charge on any atom is -0.303 e. The maximum atomic E-state index is 10.9. The standard InChI is InChI=1S/C10H7ClIN3OS/c11-7-1-6(2-8(12)3-7)4-13-15-10-14-9(16)5-17-10/h1-4H,5H2,(H,14,15,16). The Balaban J connectivity index is 2.07. The molecule has 17 heavy (non-hydrogen) atoms. The largest absolute Gasteiger partial charge is 0.303 e. The number of carbonyl (C=O) groups excluding carboxylic acids is 1. The van der Waals surface area contributed by atoms with Crippen molar-refractivity contribution in [1.82, 2.24) is 5.32 Å². The molecule has 0 unspecified atom stereocenters. The number of halogens is 2. The van der Waals surface area contributed by atoms with Crippen molar-refractivity contribution in [2.24, 2.45) is 10.2 Å². The average Bonchev–Trinajstić information content (AvgIpc) is 2.63. The van der Waals surface area contributed by atoms with Crippen LogP contribution in [0.1, 0.15) is 5.56 Å². The van der Waals surface area contributed by atoms with E-state index < -0.39 is 0 Å². The van der Waals surface area contributed by atoms with Crippen molar-refractivity contribution >= 4 is 63.2 Å². The Morgan fingerprint density at radius 2 is 2.29 bits per heavy atom. The fraction of sp³-hybridized carbons (Fsp3) is 0.100. The molecule has 1 heterocycles. The van der Waals surface area contributed by atoms with Crippen LogP contribution in [0, 0.1) is 3.57 Å². The lowest BCUT2D eigenvalue weighted by Crippen LogP contribution is -2.19. The average molecular weight is 380 g/mol. The molecule has 1 saturated heterocycles. The van der Waals surface area contributed by atoms with Crippen molar-refractivity contribution in [3.63, 3.8) is 0 Å².